The van der Waals surface area contributed by atoms with Crippen molar-refractivity contribution in [3.05, 3.63) is 39.8 Å². The molecule has 0 fully saturated rings. The van der Waals surface area contributed by atoms with E-state index >= 15 is 0 Å². The first-order chi connectivity index (χ1) is 10.1. The Kier molecular flexibility index (Phi) is 4.89. The quantitative estimate of drug-likeness (QED) is 0.652. The number of hydrogen-bond donors (Lipinski definition) is 2. The van der Waals surface area contributed by atoms with Crippen LogP contribution in [0.25, 0.3) is 0 Å². The molecule has 1 heterocycles. The van der Waals surface area contributed by atoms with Crippen molar-refractivity contribution in [3.8, 4) is 11.5 Å². The Bertz CT molecular complexity index is 667. The molecule has 21 heavy (non-hydrogen) atoms. The number of aromatic hydroxyl groups is 1. The molecule has 7 heteroatoms. The Morgan fingerprint density at radius 2 is 2.38 bits per heavy atom. The van der Waals surface area contributed by atoms with E-state index in [1.54, 1.807) is 18.2 Å². The van der Waals surface area contributed by atoms with E-state index in [-0.39, 0.29) is 18.1 Å². The van der Waals surface area contributed by atoms with Gasteiger partial charge in [-0.3, -0.25) is 4.79 Å². The molecule has 2 aromatic rings. The van der Waals surface area contributed by atoms with Crippen molar-refractivity contribution in [2.75, 3.05) is 7.11 Å². The molecule has 0 aliphatic rings. The summed E-state index contributed by atoms with van der Waals surface area (Å²) in [6.07, 6.45) is 1.54. The van der Waals surface area contributed by atoms with E-state index in [9.17, 15) is 9.90 Å². The lowest BCUT2D eigenvalue weighted by Gasteiger charge is -2.04. The van der Waals surface area contributed by atoms with E-state index in [1.165, 1.54) is 24.7 Å². The van der Waals surface area contributed by atoms with Crippen LogP contribution in [-0.4, -0.2) is 29.3 Å². The predicted octanol–water partition coefficient (Wildman–Crippen LogP) is 1.86. The molecular weight excluding hydrogens is 290 g/mol. The summed E-state index contributed by atoms with van der Waals surface area (Å²) < 4.78 is 4.99. The fraction of sp³-hybridized carbons (Fsp3) is 0.214. The maximum absolute atomic E-state index is 11.7. The van der Waals surface area contributed by atoms with Gasteiger partial charge in [0.1, 0.15) is 0 Å². The Hall–Kier alpha value is -2.41. The number of aromatic nitrogens is 1. The van der Waals surface area contributed by atoms with Gasteiger partial charge >= 0.3 is 0 Å². The van der Waals surface area contributed by atoms with E-state index in [4.69, 9.17) is 4.74 Å². The highest BCUT2D eigenvalue weighted by Crippen LogP contribution is 2.27. The minimum Gasteiger partial charge on any atom is -0.504 e. The van der Waals surface area contributed by atoms with Gasteiger partial charge in [-0.05, 0) is 19.1 Å². The summed E-state index contributed by atoms with van der Waals surface area (Å²) in [5.41, 5.74) is 3.57. The topological polar surface area (TPSA) is 83.8 Å². The van der Waals surface area contributed by atoms with Crippen molar-refractivity contribution in [1.82, 2.24) is 10.4 Å². The van der Waals surface area contributed by atoms with Crippen LogP contribution in [0.2, 0.25) is 0 Å². The van der Waals surface area contributed by atoms with Crippen molar-refractivity contribution in [2.24, 2.45) is 5.10 Å². The van der Waals surface area contributed by atoms with E-state index in [0.717, 1.165) is 10.7 Å². The number of benzene rings is 1. The molecule has 1 aromatic carbocycles. The number of phenols is 1. The van der Waals surface area contributed by atoms with Crippen LogP contribution in [0.15, 0.2) is 28.7 Å². The van der Waals surface area contributed by atoms with Crippen LogP contribution >= 0.6 is 11.3 Å². The number of rotatable bonds is 5. The predicted molar refractivity (Wildman–Crippen MR) is 81.0 cm³/mol. The molecule has 0 bridgehead atoms. The van der Waals surface area contributed by atoms with Crippen LogP contribution in [0.4, 0.5) is 0 Å². The third-order valence-corrected chi connectivity index (χ3v) is 3.47. The van der Waals surface area contributed by atoms with Gasteiger partial charge in [0.05, 0.1) is 30.4 Å². The summed E-state index contributed by atoms with van der Waals surface area (Å²) in [7, 11) is 1.47. The number of amides is 1. The van der Waals surface area contributed by atoms with Crippen molar-refractivity contribution in [3.63, 3.8) is 0 Å². The second-order valence-electron chi connectivity index (χ2n) is 4.23. The number of hydrazone groups is 1. The first-order valence-electron chi connectivity index (χ1n) is 6.19. The number of methoxy groups -OCH3 is 1. The molecule has 0 unspecified atom stereocenters. The summed E-state index contributed by atoms with van der Waals surface area (Å²) in [6, 6.07) is 5.02. The third-order valence-electron chi connectivity index (χ3n) is 2.65. The lowest BCUT2D eigenvalue weighted by Crippen LogP contribution is -2.19. The Labute approximate surface area is 126 Å². The molecule has 0 atom stereocenters. The first kappa shape index (κ1) is 15.0. The van der Waals surface area contributed by atoms with Gasteiger partial charge in [0, 0.05) is 10.9 Å². The van der Waals surface area contributed by atoms with Crippen molar-refractivity contribution in [1.29, 1.82) is 0 Å². The van der Waals surface area contributed by atoms with Gasteiger partial charge in [-0.15, -0.1) is 11.3 Å². The molecule has 1 aromatic heterocycles. The number of ether oxygens (including phenoxy) is 1. The van der Waals surface area contributed by atoms with Crippen molar-refractivity contribution >= 4 is 23.5 Å². The normalized spacial score (nSPS) is 10.8. The van der Waals surface area contributed by atoms with Crippen LogP contribution in [-0.2, 0) is 11.2 Å². The zero-order valence-electron chi connectivity index (χ0n) is 11.7. The number of carbonyl (C=O) groups excluding carboxylic acids is 1. The molecule has 0 aliphatic carbocycles. The second kappa shape index (κ2) is 6.85. The van der Waals surface area contributed by atoms with Crippen LogP contribution in [0.5, 0.6) is 11.5 Å². The highest BCUT2D eigenvalue weighted by atomic mass is 32.1. The molecular formula is C14H15N3O3S. The largest absolute Gasteiger partial charge is 0.504 e. The number of para-hydroxylation sites is 1. The Morgan fingerprint density at radius 3 is 3.05 bits per heavy atom. The summed E-state index contributed by atoms with van der Waals surface area (Å²) in [4.78, 5) is 15.9. The van der Waals surface area contributed by atoms with Gasteiger partial charge in [-0.2, -0.15) is 5.10 Å². The molecule has 6 nitrogen and oxygen atoms in total. The molecule has 1 amide bonds. The fourth-order valence-electron chi connectivity index (χ4n) is 1.68. The van der Waals surface area contributed by atoms with Crippen LogP contribution in [0.3, 0.4) is 0 Å². The lowest BCUT2D eigenvalue weighted by atomic mass is 10.2. The zero-order valence-corrected chi connectivity index (χ0v) is 12.5. The smallest absolute Gasteiger partial charge is 0.246 e. The molecule has 110 valence electrons. The third kappa shape index (κ3) is 4.03. The number of nitrogens with zero attached hydrogens (tertiary/aromatic N) is 2. The van der Waals surface area contributed by atoms with E-state index in [0.29, 0.717) is 11.3 Å². The molecule has 0 radical (unpaired) electrons. The minimum absolute atomic E-state index is 0.0203. The van der Waals surface area contributed by atoms with Crippen molar-refractivity contribution < 1.29 is 14.6 Å². The van der Waals surface area contributed by atoms with Gasteiger partial charge < -0.3 is 9.84 Å². The molecule has 0 saturated heterocycles. The number of nitrogens with one attached hydrogen (secondary N) is 1. The van der Waals surface area contributed by atoms with Gasteiger partial charge in [0.15, 0.2) is 11.5 Å². The van der Waals surface area contributed by atoms with E-state index in [1.807, 2.05) is 12.3 Å². The van der Waals surface area contributed by atoms with E-state index < -0.39 is 0 Å². The molecule has 0 spiro atoms. The number of hydrogen-bond acceptors (Lipinski definition) is 6. The summed E-state index contributed by atoms with van der Waals surface area (Å²) >= 11 is 1.50. The van der Waals surface area contributed by atoms with Crippen LogP contribution < -0.4 is 10.2 Å². The molecule has 2 rings (SSSR count). The van der Waals surface area contributed by atoms with Gasteiger partial charge in [0.25, 0.3) is 0 Å². The number of carbonyl (C=O) groups is 1. The average molecular weight is 305 g/mol. The maximum atomic E-state index is 11.7. The van der Waals surface area contributed by atoms with Gasteiger partial charge in [-0.25, -0.2) is 10.4 Å². The van der Waals surface area contributed by atoms with Crippen LogP contribution in [0.1, 0.15) is 16.3 Å². The summed E-state index contributed by atoms with van der Waals surface area (Å²) in [5, 5.41) is 16.4. The number of phenolic OH excluding ortho intramolecular Hbond substituents is 1. The molecule has 0 aliphatic heterocycles. The van der Waals surface area contributed by atoms with Crippen LogP contribution in [0, 0.1) is 6.92 Å². The highest BCUT2D eigenvalue weighted by molar-refractivity contribution is 7.09. The van der Waals surface area contributed by atoms with Crippen molar-refractivity contribution in [2.45, 2.75) is 13.3 Å². The standard InChI is InChI=1S/C14H15N3O3S/c1-9-16-11(8-21-9)6-13(18)17-15-7-10-4-3-5-12(20-2)14(10)19/h3-5,7-8,19H,6H2,1-2H3,(H,17,18). The number of aryl methyl sites for hydroxylation is 1. The van der Waals surface area contributed by atoms with Gasteiger partial charge in [-0.1, -0.05) is 6.07 Å². The lowest BCUT2D eigenvalue weighted by molar-refractivity contribution is -0.120. The summed E-state index contributed by atoms with van der Waals surface area (Å²) in [5.74, 6) is 0.0651. The summed E-state index contributed by atoms with van der Waals surface area (Å²) in [6.45, 7) is 1.88. The second-order valence-corrected chi connectivity index (χ2v) is 5.29. The minimum atomic E-state index is -0.265. The first-order valence-corrected chi connectivity index (χ1v) is 7.07. The number of thiazole rings is 1. The average Bonchev–Trinajstić information content (AvgIpc) is 2.86. The van der Waals surface area contributed by atoms with Gasteiger partial charge in [0.2, 0.25) is 5.91 Å². The Balaban J connectivity index is 1.94. The highest BCUT2D eigenvalue weighted by Gasteiger charge is 2.06. The maximum Gasteiger partial charge on any atom is 0.246 e. The monoisotopic (exact) mass is 305 g/mol. The molecule has 2 N–H and O–H groups in total. The van der Waals surface area contributed by atoms with E-state index in [2.05, 4.69) is 15.5 Å². The molecule has 0 saturated carbocycles. The SMILES string of the molecule is COc1cccc(C=NNC(=O)Cc2csc(C)n2)c1O. The zero-order chi connectivity index (χ0) is 15.2. The Morgan fingerprint density at radius 1 is 1.57 bits per heavy atom. The fourth-order valence-corrected chi connectivity index (χ4v) is 2.29.